The Kier molecular flexibility index (Phi) is 8.10. The summed E-state index contributed by atoms with van der Waals surface area (Å²) in [5, 5.41) is 14.9. The van der Waals surface area contributed by atoms with Crippen LogP contribution in [0.5, 0.6) is 5.75 Å². The minimum atomic E-state index is -0.470. The average Bonchev–Trinajstić information content (AvgIpc) is 3.56. The SMILES string of the molecule is COc1ccc2[nH]c(C)c(CC(=O)N[C@@H](CCCCCC(N)=O)c3nnc(-c4ccc5ccccc5c4)o3)c2c1. The Morgan fingerprint density at radius 2 is 1.85 bits per heavy atom. The fourth-order valence-corrected chi connectivity index (χ4v) is 5.02. The molecule has 1 atom stereocenters. The van der Waals surface area contributed by atoms with E-state index in [1.807, 2.05) is 67.6 Å². The highest BCUT2D eigenvalue weighted by Gasteiger charge is 2.23. The lowest BCUT2D eigenvalue weighted by molar-refractivity contribution is -0.121. The third-order valence-electron chi connectivity index (χ3n) is 7.15. The second kappa shape index (κ2) is 12.0. The number of carbonyl (C=O) groups is 2. The molecular formula is C31H33N5O4. The van der Waals surface area contributed by atoms with Gasteiger partial charge in [0.1, 0.15) is 11.8 Å². The fourth-order valence-electron chi connectivity index (χ4n) is 5.02. The number of primary amides is 1. The largest absolute Gasteiger partial charge is 0.497 e. The van der Waals surface area contributed by atoms with Gasteiger partial charge in [-0.2, -0.15) is 0 Å². The standard InChI is InChI=1S/C31H33N5O4/c1-19-24(25-17-23(39-2)14-15-26(25)33-19)18-29(38)34-27(10-4-3-5-11-28(32)37)31-36-35-30(40-31)22-13-12-20-8-6-7-9-21(20)16-22/h6-9,12-17,27,33H,3-5,10-11,18H2,1-2H3,(H2,32,37)(H,34,38)/t27-/m0/s1. The van der Waals surface area contributed by atoms with Crippen molar-refractivity contribution in [2.45, 2.75) is 51.5 Å². The lowest BCUT2D eigenvalue weighted by Crippen LogP contribution is -2.30. The lowest BCUT2D eigenvalue weighted by atomic mass is 10.0. The molecule has 0 aliphatic rings. The highest BCUT2D eigenvalue weighted by molar-refractivity contribution is 5.91. The molecule has 0 saturated carbocycles. The van der Waals surface area contributed by atoms with Gasteiger partial charge in [0.15, 0.2) is 0 Å². The number of fused-ring (bicyclic) bond motifs is 2. The van der Waals surface area contributed by atoms with Crippen molar-refractivity contribution in [3.8, 4) is 17.2 Å². The number of aromatic amines is 1. The van der Waals surface area contributed by atoms with Crippen LogP contribution in [0.3, 0.4) is 0 Å². The smallest absolute Gasteiger partial charge is 0.247 e. The van der Waals surface area contributed by atoms with E-state index in [0.29, 0.717) is 31.0 Å². The molecule has 2 heterocycles. The van der Waals surface area contributed by atoms with Crippen LogP contribution < -0.4 is 15.8 Å². The first-order valence-electron chi connectivity index (χ1n) is 13.5. The van der Waals surface area contributed by atoms with E-state index < -0.39 is 6.04 Å². The van der Waals surface area contributed by atoms with Crippen molar-refractivity contribution < 1.29 is 18.7 Å². The van der Waals surface area contributed by atoms with E-state index in [0.717, 1.165) is 57.1 Å². The maximum atomic E-state index is 13.3. The Morgan fingerprint density at radius 3 is 2.65 bits per heavy atom. The zero-order valence-corrected chi connectivity index (χ0v) is 22.7. The monoisotopic (exact) mass is 539 g/mol. The molecule has 0 aliphatic heterocycles. The first-order valence-corrected chi connectivity index (χ1v) is 13.5. The van der Waals surface area contributed by atoms with Crippen molar-refractivity contribution in [2.24, 2.45) is 5.73 Å². The first kappa shape index (κ1) is 26.9. The summed E-state index contributed by atoms with van der Waals surface area (Å²) < 4.78 is 11.5. The van der Waals surface area contributed by atoms with E-state index in [1.54, 1.807) is 7.11 Å². The van der Waals surface area contributed by atoms with Gasteiger partial charge in [0.25, 0.3) is 0 Å². The topological polar surface area (TPSA) is 136 Å². The number of rotatable bonds is 12. The number of ether oxygens (including phenoxy) is 1. The number of nitrogens with one attached hydrogen (secondary N) is 2. The number of aromatic nitrogens is 3. The molecule has 5 aromatic rings. The predicted molar refractivity (Wildman–Crippen MR) is 154 cm³/mol. The van der Waals surface area contributed by atoms with Gasteiger partial charge in [-0.25, -0.2) is 0 Å². The van der Waals surface area contributed by atoms with Crippen LogP contribution in [0.15, 0.2) is 65.1 Å². The molecule has 9 heteroatoms. The van der Waals surface area contributed by atoms with Crippen LogP contribution in [0.2, 0.25) is 0 Å². The van der Waals surface area contributed by atoms with Gasteiger partial charge < -0.3 is 25.2 Å². The normalized spacial score (nSPS) is 12.1. The van der Waals surface area contributed by atoms with Crippen LogP contribution in [-0.2, 0) is 16.0 Å². The summed E-state index contributed by atoms with van der Waals surface area (Å²) in [6.07, 6.45) is 3.36. The van der Waals surface area contributed by atoms with Crippen LogP contribution in [0.4, 0.5) is 0 Å². The number of unbranched alkanes of at least 4 members (excludes halogenated alkanes) is 2. The number of hydrogen-bond donors (Lipinski definition) is 3. The number of hydrogen-bond acceptors (Lipinski definition) is 6. The number of amides is 2. The van der Waals surface area contributed by atoms with Crippen LogP contribution in [-0.4, -0.2) is 34.1 Å². The zero-order chi connectivity index (χ0) is 28.1. The number of aryl methyl sites for hydroxylation is 1. The lowest BCUT2D eigenvalue weighted by Gasteiger charge is -2.15. The molecular weight excluding hydrogens is 506 g/mol. The van der Waals surface area contributed by atoms with Gasteiger partial charge in [-0.1, -0.05) is 43.2 Å². The molecule has 0 spiro atoms. The third kappa shape index (κ3) is 6.14. The Labute approximate surface area is 232 Å². The second-order valence-corrected chi connectivity index (χ2v) is 10.0. The maximum absolute atomic E-state index is 13.3. The van der Waals surface area contributed by atoms with E-state index in [2.05, 4.69) is 20.5 Å². The van der Waals surface area contributed by atoms with Crippen molar-refractivity contribution in [1.82, 2.24) is 20.5 Å². The number of methoxy groups -OCH3 is 1. The number of nitrogens with zero attached hydrogens (tertiary/aromatic N) is 2. The summed E-state index contributed by atoms with van der Waals surface area (Å²) in [6, 6.07) is 19.4. The molecule has 0 radical (unpaired) electrons. The number of benzene rings is 3. The summed E-state index contributed by atoms with van der Waals surface area (Å²) in [4.78, 5) is 27.8. The van der Waals surface area contributed by atoms with E-state index in [4.69, 9.17) is 14.9 Å². The van der Waals surface area contributed by atoms with Gasteiger partial charge >= 0.3 is 0 Å². The van der Waals surface area contributed by atoms with Gasteiger partial charge in [0.2, 0.25) is 23.6 Å². The van der Waals surface area contributed by atoms with Crippen molar-refractivity contribution in [2.75, 3.05) is 7.11 Å². The number of H-pyrrole nitrogens is 1. The highest BCUT2D eigenvalue weighted by Crippen LogP contribution is 2.29. The van der Waals surface area contributed by atoms with Gasteiger partial charge in [-0.15, -0.1) is 10.2 Å². The van der Waals surface area contributed by atoms with Crippen molar-refractivity contribution in [1.29, 1.82) is 0 Å². The molecule has 5 rings (SSSR count). The second-order valence-electron chi connectivity index (χ2n) is 10.0. The molecule has 40 heavy (non-hydrogen) atoms. The molecule has 3 aromatic carbocycles. The van der Waals surface area contributed by atoms with Crippen molar-refractivity contribution in [3.05, 3.63) is 77.8 Å². The first-order chi connectivity index (χ1) is 19.4. The van der Waals surface area contributed by atoms with E-state index in [9.17, 15) is 9.59 Å². The number of nitrogens with two attached hydrogens (primary N) is 1. The van der Waals surface area contributed by atoms with Crippen molar-refractivity contribution >= 4 is 33.5 Å². The Morgan fingerprint density at radius 1 is 1.02 bits per heavy atom. The molecule has 9 nitrogen and oxygen atoms in total. The van der Waals surface area contributed by atoms with Gasteiger partial charge in [0, 0.05) is 28.6 Å². The molecule has 0 aliphatic carbocycles. The van der Waals surface area contributed by atoms with Crippen LogP contribution >= 0.6 is 0 Å². The van der Waals surface area contributed by atoms with Gasteiger partial charge in [-0.05, 0) is 66.4 Å². The molecule has 2 amide bonds. The van der Waals surface area contributed by atoms with E-state index in [1.165, 1.54) is 0 Å². The molecule has 0 saturated heterocycles. The Bertz CT molecular complexity index is 1650. The minimum Gasteiger partial charge on any atom is -0.497 e. The van der Waals surface area contributed by atoms with Crippen LogP contribution in [0.25, 0.3) is 33.1 Å². The summed E-state index contributed by atoms with van der Waals surface area (Å²) in [7, 11) is 1.62. The van der Waals surface area contributed by atoms with E-state index >= 15 is 0 Å². The minimum absolute atomic E-state index is 0.153. The maximum Gasteiger partial charge on any atom is 0.247 e. The summed E-state index contributed by atoms with van der Waals surface area (Å²) in [6.45, 7) is 1.96. The van der Waals surface area contributed by atoms with Crippen molar-refractivity contribution in [3.63, 3.8) is 0 Å². The van der Waals surface area contributed by atoms with Gasteiger partial charge in [-0.3, -0.25) is 9.59 Å². The third-order valence-corrected chi connectivity index (χ3v) is 7.15. The fraction of sp³-hybridized carbons (Fsp3) is 0.290. The molecule has 0 bridgehead atoms. The average molecular weight is 540 g/mol. The van der Waals surface area contributed by atoms with E-state index in [-0.39, 0.29) is 18.2 Å². The summed E-state index contributed by atoms with van der Waals surface area (Å²) >= 11 is 0. The Hall–Kier alpha value is -4.66. The highest BCUT2D eigenvalue weighted by atomic mass is 16.5. The Balaban J connectivity index is 1.35. The van der Waals surface area contributed by atoms with Crippen LogP contribution in [0.1, 0.15) is 55.3 Å². The molecule has 0 fully saturated rings. The quantitative estimate of drug-likeness (QED) is 0.179. The summed E-state index contributed by atoms with van der Waals surface area (Å²) in [5.74, 6) is 1.01. The molecule has 4 N–H and O–H groups in total. The summed E-state index contributed by atoms with van der Waals surface area (Å²) in [5.41, 5.74) is 8.88. The number of carbonyl (C=O) groups excluding carboxylic acids is 2. The zero-order valence-electron chi connectivity index (χ0n) is 22.7. The molecule has 2 aromatic heterocycles. The predicted octanol–water partition coefficient (Wildman–Crippen LogP) is 5.52. The molecule has 206 valence electrons. The van der Waals surface area contributed by atoms with Crippen LogP contribution in [0, 0.1) is 6.92 Å². The molecule has 0 unspecified atom stereocenters. The van der Waals surface area contributed by atoms with Gasteiger partial charge in [0.05, 0.1) is 13.5 Å².